The standard InChI is InChI=1S/C13H10FN3O4/c14-9-2-4-12(17(20)21)11(5-9)16-7-8-1-3-10(13(18)19)15-6-8/h1-6,16H,7H2,(H,18,19). The number of nitrogens with one attached hydrogen (secondary N) is 1. The van der Waals surface area contributed by atoms with Crippen LogP contribution < -0.4 is 5.32 Å². The SMILES string of the molecule is O=C(O)c1ccc(CNc2cc(F)ccc2[N+](=O)[O-])cn1. The molecule has 0 radical (unpaired) electrons. The predicted molar refractivity (Wildman–Crippen MR) is 71.6 cm³/mol. The molecule has 8 heteroatoms. The lowest BCUT2D eigenvalue weighted by atomic mass is 10.2. The molecule has 2 N–H and O–H groups in total. The fourth-order valence-electron chi connectivity index (χ4n) is 1.66. The summed E-state index contributed by atoms with van der Waals surface area (Å²) < 4.78 is 13.1. The van der Waals surface area contributed by atoms with Gasteiger partial charge in [-0.15, -0.1) is 0 Å². The molecule has 0 fully saturated rings. The number of benzene rings is 1. The largest absolute Gasteiger partial charge is 0.477 e. The third kappa shape index (κ3) is 3.50. The van der Waals surface area contributed by atoms with E-state index in [0.717, 1.165) is 18.2 Å². The summed E-state index contributed by atoms with van der Waals surface area (Å²) in [6, 6.07) is 5.95. The van der Waals surface area contributed by atoms with Gasteiger partial charge < -0.3 is 10.4 Å². The molecule has 0 aliphatic carbocycles. The lowest BCUT2D eigenvalue weighted by molar-refractivity contribution is -0.384. The first-order valence-corrected chi connectivity index (χ1v) is 5.83. The average Bonchev–Trinajstić information content (AvgIpc) is 2.45. The normalized spacial score (nSPS) is 10.1. The smallest absolute Gasteiger partial charge is 0.354 e. The van der Waals surface area contributed by atoms with Crippen molar-refractivity contribution in [3.05, 3.63) is 63.7 Å². The molecule has 108 valence electrons. The maximum Gasteiger partial charge on any atom is 0.354 e. The van der Waals surface area contributed by atoms with Gasteiger partial charge in [0.05, 0.1) is 4.92 Å². The average molecular weight is 291 g/mol. The fraction of sp³-hybridized carbons (Fsp3) is 0.0769. The Hall–Kier alpha value is -3.03. The van der Waals surface area contributed by atoms with Gasteiger partial charge in [-0.2, -0.15) is 0 Å². The van der Waals surface area contributed by atoms with Crippen LogP contribution >= 0.6 is 0 Å². The Balaban J connectivity index is 2.14. The highest BCUT2D eigenvalue weighted by molar-refractivity contribution is 5.85. The van der Waals surface area contributed by atoms with Gasteiger partial charge in [0.2, 0.25) is 0 Å². The van der Waals surface area contributed by atoms with Crippen LogP contribution in [0, 0.1) is 15.9 Å². The van der Waals surface area contributed by atoms with Crippen molar-refractivity contribution in [3.8, 4) is 0 Å². The number of nitro groups is 1. The monoisotopic (exact) mass is 291 g/mol. The maximum absolute atomic E-state index is 13.1. The summed E-state index contributed by atoms with van der Waals surface area (Å²) in [5, 5.41) is 22.3. The second-order valence-corrected chi connectivity index (χ2v) is 4.13. The van der Waals surface area contributed by atoms with E-state index in [1.54, 1.807) is 0 Å². The van der Waals surface area contributed by atoms with Crippen LogP contribution in [0.3, 0.4) is 0 Å². The van der Waals surface area contributed by atoms with Crippen LogP contribution in [-0.2, 0) is 6.54 Å². The summed E-state index contributed by atoms with van der Waals surface area (Å²) in [6.07, 6.45) is 1.33. The summed E-state index contributed by atoms with van der Waals surface area (Å²) in [6.45, 7) is 0.150. The zero-order valence-corrected chi connectivity index (χ0v) is 10.6. The molecule has 0 aliphatic heterocycles. The summed E-state index contributed by atoms with van der Waals surface area (Å²) >= 11 is 0. The molecule has 0 saturated carbocycles. The van der Waals surface area contributed by atoms with Crippen LogP contribution in [0.1, 0.15) is 16.1 Å². The highest BCUT2D eigenvalue weighted by atomic mass is 19.1. The minimum atomic E-state index is -1.14. The van der Waals surface area contributed by atoms with Crippen molar-refractivity contribution in [2.24, 2.45) is 0 Å². The molecule has 21 heavy (non-hydrogen) atoms. The van der Waals surface area contributed by atoms with E-state index in [1.807, 2.05) is 0 Å². The number of anilines is 1. The molecule has 0 bridgehead atoms. The number of carboxylic acid groups (broad SMARTS) is 1. The van der Waals surface area contributed by atoms with E-state index in [4.69, 9.17) is 5.11 Å². The van der Waals surface area contributed by atoms with Gasteiger partial charge in [-0.05, 0) is 17.7 Å². The van der Waals surface area contributed by atoms with Crippen molar-refractivity contribution in [1.82, 2.24) is 4.98 Å². The van der Waals surface area contributed by atoms with Crippen molar-refractivity contribution < 1.29 is 19.2 Å². The van der Waals surface area contributed by atoms with E-state index in [9.17, 15) is 19.3 Å². The van der Waals surface area contributed by atoms with E-state index < -0.39 is 16.7 Å². The molecule has 2 rings (SSSR count). The summed E-state index contributed by atoms with van der Waals surface area (Å²) in [7, 11) is 0. The number of nitrogens with zero attached hydrogens (tertiary/aromatic N) is 2. The molecule has 1 aromatic carbocycles. The molecule has 0 unspecified atom stereocenters. The van der Waals surface area contributed by atoms with Crippen molar-refractivity contribution in [2.45, 2.75) is 6.54 Å². The fourth-order valence-corrected chi connectivity index (χ4v) is 1.66. The first kappa shape index (κ1) is 14.4. The number of aromatic carboxylic acids is 1. The quantitative estimate of drug-likeness (QED) is 0.647. The van der Waals surface area contributed by atoms with E-state index in [0.29, 0.717) is 5.56 Å². The molecular formula is C13H10FN3O4. The second kappa shape index (κ2) is 5.95. The summed E-state index contributed by atoms with van der Waals surface area (Å²) in [4.78, 5) is 24.6. The molecule has 0 atom stereocenters. The minimum absolute atomic E-state index is 0.0438. The van der Waals surface area contributed by atoms with Crippen LogP contribution in [0.4, 0.5) is 15.8 Å². The van der Waals surface area contributed by atoms with Crippen molar-refractivity contribution in [2.75, 3.05) is 5.32 Å². The van der Waals surface area contributed by atoms with Gasteiger partial charge in [0, 0.05) is 24.9 Å². The Morgan fingerprint density at radius 2 is 2.14 bits per heavy atom. The van der Waals surface area contributed by atoms with E-state index in [-0.39, 0.29) is 23.6 Å². The van der Waals surface area contributed by atoms with Gasteiger partial charge in [0.25, 0.3) is 5.69 Å². The first-order chi connectivity index (χ1) is 9.97. The number of aromatic nitrogens is 1. The van der Waals surface area contributed by atoms with Gasteiger partial charge >= 0.3 is 5.97 Å². The number of hydrogen-bond donors (Lipinski definition) is 2. The highest BCUT2D eigenvalue weighted by Crippen LogP contribution is 2.25. The van der Waals surface area contributed by atoms with Gasteiger partial charge in [-0.1, -0.05) is 6.07 Å². The molecular weight excluding hydrogens is 281 g/mol. The number of halogens is 1. The molecule has 0 amide bonds. The van der Waals surface area contributed by atoms with Crippen LogP contribution in [0.5, 0.6) is 0 Å². The van der Waals surface area contributed by atoms with Gasteiger partial charge in [0.15, 0.2) is 0 Å². The van der Waals surface area contributed by atoms with Gasteiger partial charge in [0.1, 0.15) is 17.2 Å². The van der Waals surface area contributed by atoms with Crippen molar-refractivity contribution >= 4 is 17.3 Å². The Morgan fingerprint density at radius 3 is 2.71 bits per heavy atom. The zero-order valence-electron chi connectivity index (χ0n) is 10.6. The van der Waals surface area contributed by atoms with Crippen LogP contribution in [0.15, 0.2) is 36.5 Å². The third-order valence-corrected chi connectivity index (χ3v) is 2.68. The zero-order chi connectivity index (χ0) is 15.4. The Bertz CT molecular complexity index is 688. The molecule has 2 aromatic rings. The summed E-state index contributed by atoms with van der Waals surface area (Å²) in [5.74, 6) is -1.74. The van der Waals surface area contributed by atoms with E-state index in [1.165, 1.54) is 18.3 Å². The van der Waals surface area contributed by atoms with Crippen LogP contribution in [-0.4, -0.2) is 21.0 Å². The molecule has 1 heterocycles. The Kier molecular flexibility index (Phi) is 4.07. The number of pyridine rings is 1. The van der Waals surface area contributed by atoms with Gasteiger partial charge in [-0.3, -0.25) is 10.1 Å². The van der Waals surface area contributed by atoms with Gasteiger partial charge in [-0.25, -0.2) is 14.2 Å². The molecule has 0 saturated heterocycles. The second-order valence-electron chi connectivity index (χ2n) is 4.13. The predicted octanol–water partition coefficient (Wildman–Crippen LogP) is 2.44. The topological polar surface area (TPSA) is 105 Å². The van der Waals surface area contributed by atoms with Crippen molar-refractivity contribution in [3.63, 3.8) is 0 Å². The van der Waals surface area contributed by atoms with Crippen LogP contribution in [0.25, 0.3) is 0 Å². The number of hydrogen-bond acceptors (Lipinski definition) is 5. The molecule has 0 aliphatic rings. The Labute approximate surface area is 118 Å². The maximum atomic E-state index is 13.1. The number of carbonyl (C=O) groups is 1. The highest BCUT2D eigenvalue weighted by Gasteiger charge is 2.14. The Morgan fingerprint density at radius 1 is 1.38 bits per heavy atom. The number of rotatable bonds is 5. The molecule has 7 nitrogen and oxygen atoms in total. The minimum Gasteiger partial charge on any atom is -0.477 e. The number of carboxylic acids is 1. The lowest BCUT2D eigenvalue weighted by Gasteiger charge is -2.07. The first-order valence-electron chi connectivity index (χ1n) is 5.83. The van der Waals surface area contributed by atoms with Crippen LogP contribution in [0.2, 0.25) is 0 Å². The van der Waals surface area contributed by atoms with Crippen molar-refractivity contribution in [1.29, 1.82) is 0 Å². The summed E-state index contributed by atoms with van der Waals surface area (Å²) in [5.41, 5.74) is 0.308. The molecule has 1 aromatic heterocycles. The molecule has 0 spiro atoms. The number of nitro benzene ring substituents is 1. The van der Waals surface area contributed by atoms with E-state index in [2.05, 4.69) is 10.3 Å². The lowest BCUT2D eigenvalue weighted by Crippen LogP contribution is -2.05. The van der Waals surface area contributed by atoms with E-state index >= 15 is 0 Å². The third-order valence-electron chi connectivity index (χ3n) is 2.68.